The molecule has 116 valence electrons. The number of fused-ring (bicyclic) bond motifs is 6. The number of benzene rings is 2. The van der Waals surface area contributed by atoms with Crippen molar-refractivity contribution >= 4 is 11.0 Å². The Labute approximate surface area is 130 Å². The molecule has 2 aliphatic rings. The first-order chi connectivity index (χ1) is 11.2. The molecule has 23 heavy (non-hydrogen) atoms. The number of aliphatic hydroxyl groups is 1. The Morgan fingerprint density at radius 3 is 2.70 bits per heavy atom. The Kier molecular flexibility index (Phi) is 2.38. The van der Waals surface area contributed by atoms with E-state index >= 15 is 0 Å². The molecule has 2 N–H and O–H groups in total. The number of phenols is 1. The van der Waals surface area contributed by atoms with Gasteiger partial charge in [0.1, 0.15) is 22.8 Å². The molecule has 0 bridgehead atoms. The maximum atomic E-state index is 9.72. The van der Waals surface area contributed by atoms with E-state index in [1.807, 2.05) is 6.07 Å². The van der Waals surface area contributed by atoms with Crippen molar-refractivity contribution in [1.82, 2.24) is 0 Å². The average molecular weight is 312 g/mol. The van der Waals surface area contributed by atoms with Crippen LogP contribution in [0.25, 0.3) is 22.3 Å². The number of hydrogen-bond donors (Lipinski definition) is 2. The van der Waals surface area contributed by atoms with E-state index in [1.54, 1.807) is 18.2 Å². The van der Waals surface area contributed by atoms with E-state index in [4.69, 9.17) is 18.6 Å². The van der Waals surface area contributed by atoms with Gasteiger partial charge >= 0.3 is 0 Å². The number of aromatic hydroxyl groups is 1. The van der Waals surface area contributed by atoms with Crippen LogP contribution >= 0.6 is 0 Å². The second kappa shape index (κ2) is 4.33. The van der Waals surface area contributed by atoms with Crippen LogP contribution in [-0.4, -0.2) is 23.6 Å². The molecule has 1 aromatic heterocycles. The highest BCUT2D eigenvalue weighted by molar-refractivity contribution is 5.93. The smallest absolute Gasteiger partial charge is 0.231 e. The maximum Gasteiger partial charge on any atom is 0.231 e. The predicted molar refractivity (Wildman–Crippen MR) is 79.9 cm³/mol. The van der Waals surface area contributed by atoms with E-state index in [9.17, 15) is 10.2 Å². The standard InChI is InChI=1S/C17H12O6/c18-6-15-16-10-4-13-14(21-7-20-13)5-12(10)23-17(16)9-2-1-8(19)3-11(9)22-15/h1-5,15,18-19H,6-7H2/t15-/m1/s1. The summed E-state index contributed by atoms with van der Waals surface area (Å²) in [5.74, 6) is 2.49. The molecule has 1 atom stereocenters. The lowest BCUT2D eigenvalue weighted by Crippen LogP contribution is -2.16. The molecular formula is C17H12O6. The first kappa shape index (κ1) is 12.7. The van der Waals surface area contributed by atoms with Gasteiger partial charge in [-0.25, -0.2) is 0 Å². The minimum absolute atomic E-state index is 0.0979. The molecule has 5 rings (SSSR count). The molecule has 0 aliphatic carbocycles. The minimum Gasteiger partial charge on any atom is -0.508 e. The largest absolute Gasteiger partial charge is 0.508 e. The van der Waals surface area contributed by atoms with Gasteiger partial charge in [0, 0.05) is 23.1 Å². The number of ether oxygens (including phenoxy) is 3. The van der Waals surface area contributed by atoms with Gasteiger partial charge in [-0.15, -0.1) is 0 Å². The molecule has 2 aromatic carbocycles. The van der Waals surface area contributed by atoms with Crippen LogP contribution in [0.15, 0.2) is 34.7 Å². The summed E-state index contributed by atoms with van der Waals surface area (Å²) in [7, 11) is 0. The fourth-order valence-electron chi connectivity index (χ4n) is 3.16. The number of phenolic OH excluding ortho intramolecular Hbond substituents is 1. The van der Waals surface area contributed by atoms with E-state index < -0.39 is 6.10 Å². The highest BCUT2D eigenvalue weighted by Crippen LogP contribution is 2.50. The molecular weight excluding hydrogens is 300 g/mol. The molecule has 0 fully saturated rings. The molecule has 0 saturated heterocycles. The van der Waals surface area contributed by atoms with Gasteiger partial charge in [0.2, 0.25) is 6.79 Å². The lowest BCUT2D eigenvalue weighted by molar-refractivity contribution is 0.114. The van der Waals surface area contributed by atoms with Crippen LogP contribution in [0, 0.1) is 0 Å². The van der Waals surface area contributed by atoms with Gasteiger partial charge in [-0.1, -0.05) is 0 Å². The number of aliphatic hydroxyl groups excluding tert-OH is 1. The third-order valence-corrected chi connectivity index (χ3v) is 4.19. The summed E-state index contributed by atoms with van der Waals surface area (Å²) in [4.78, 5) is 0. The van der Waals surface area contributed by atoms with Crippen LogP contribution in [0.4, 0.5) is 0 Å². The summed E-state index contributed by atoms with van der Waals surface area (Å²) in [6.07, 6.45) is -0.569. The quantitative estimate of drug-likeness (QED) is 0.719. The van der Waals surface area contributed by atoms with Gasteiger partial charge < -0.3 is 28.8 Å². The van der Waals surface area contributed by atoms with Crippen molar-refractivity contribution in [2.45, 2.75) is 6.10 Å². The van der Waals surface area contributed by atoms with Crippen LogP contribution < -0.4 is 14.2 Å². The lowest BCUT2D eigenvalue weighted by atomic mass is 9.97. The zero-order valence-electron chi connectivity index (χ0n) is 11.9. The van der Waals surface area contributed by atoms with Gasteiger partial charge in [0.25, 0.3) is 0 Å². The highest BCUT2D eigenvalue weighted by atomic mass is 16.7. The number of furan rings is 1. The Balaban J connectivity index is 1.82. The molecule has 2 aliphatic heterocycles. The Morgan fingerprint density at radius 1 is 1.04 bits per heavy atom. The monoisotopic (exact) mass is 312 g/mol. The van der Waals surface area contributed by atoms with Crippen LogP contribution in [-0.2, 0) is 0 Å². The topological polar surface area (TPSA) is 81.3 Å². The van der Waals surface area contributed by atoms with Crippen molar-refractivity contribution in [2.24, 2.45) is 0 Å². The van der Waals surface area contributed by atoms with Gasteiger partial charge in [0.15, 0.2) is 17.6 Å². The third kappa shape index (κ3) is 1.66. The summed E-state index contributed by atoms with van der Waals surface area (Å²) >= 11 is 0. The van der Waals surface area contributed by atoms with Crippen molar-refractivity contribution in [2.75, 3.05) is 13.4 Å². The molecule has 0 amide bonds. The summed E-state index contributed by atoms with van der Waals surface area (Å²) in [5.41, 5.74) is 2.15. The SMILES string of the molecule is OC[C@H]1Oc2cc(O)ccc2-c2oc3cc4c(cc3c21)OCO4. The highest BCUT2D eigenvalue weighted by Gasteiger charge is 2.33. The number of rotatable bonds is 1. The number of hydrogen-bond acceptors (Lipinski definition) is 6. The van der Waals surface area contributed by atoms with E-state index in [-0.39, 0.29) is 19.1 Å². The van der Waals surface area contributed by atoms with Crippen LogP contribution in [0.5, 0.6) is 23.0 Å². The average Bonchev–Trinajstić information content (AvgIpc) is 3.14. The van der Waals surface area contributed by atoms with Crippen LogP contribution in [0.3, 0.4) is 0 Å². The Bertz CT molecular complexity index is 942. The zero-order valence-corrected chi connectivity index (χ0v) is 11.9. The van der Waals surface area contributed by atoms with E-state index in [2.05, 4.69) is 0 Å². The molecule has 3 heterocycles. The fraction of sp³-hybridized carbons (Fsp3) is 0.176. The summed E-state index contributed by atoms with van der Waals surface area (Å²) in [5, 5.41) is 20.2. The molecule has 6 heteroatoms. The molecule has 0 spiro atoms. The van der Waals surface area contributed by atoms with Crippen LogP contribution in [0.1, 0.15) is 11.7 Å². The third-order valence-electron chi connectivity index (χ3n) is 4.19. The second-order valence-corrected chi connectivity index (χ2v) is 5.52. The molecule has 0 saturated carbocycles. The van der Waals surface area contributed by atoms with Crippen LogP contribution in [0.2, 0.25) is 0 Å². The van der Waals surface area contributed by atoms with Crippen molar-refractivity contribution < 1.29 is 28.8 Å². The van der Waals surface area contributed by atoms with E-state index in [0.29, 0.717) is 28.6 Å². The van der Waals surface area contributed by atoms with Gasteiger partial charge in [-0.2, -0.15) is 0 Å². The predicted octanol–water partition coefficient (Wildman–Crippen LogP) is 2.96. The fourth-order valence-corrected chi connectivity index (χ4v) is 3.16. The summed E-state index contributed by atoms with van der Waals surface area (Å²) in [6, 6.07) is 8.45. The molecule has 6 nitrogen and oxygen atoms in total. The van der Waals surface area contributed by atoms with Crippen molar-refractivity contribution in [3.63, 3.8) is 0 Å². The van der Waals surface area contributed by atoms with E-state index in [0.717, 1.165) is 16.5 Å². The normalized spacial score (nSPS) is 17.7. The molecule has 0 unspecified atom stereocenters. The maximum absolute atomic E-state index is 9.72. The van der Waals surface area contributed by atoms with E-state index in [1.165, 1.54) is 6.07 Å². The van der Waals surface area contributed by atoms with Crippen molar-refractivity contribution in [1.29, 1.82) is 0 Å². The van der Waals surface area contributed by atoms with Crippen molar-refractivity contribution in [3.05, 3.63) is 35.9 Å². The van der Waals surface area contributed by atoms with Crippen molar-refractivity contribution in [3.8, 4) is 34.3 Å². The first-order valence-corrected chi connectivity index (χ1v) is 7.21. The summed E-state index contributed by atoms with van der Waals surface area (Å²) < 4.78 is 22.6. The first-order valence-electron chi connectivity index (χ1n) is 7.21. The Hall–Kier alpha value is -2.86. The molecule has 0 radical (unpaired) electrons. The Morgan fingerprint density at radius 2 is 1.87 bits per heavy atom. The molecule has 3 aromatic rings. The summed E-state index contributed by atoms with van der Waals surface area (Å²) in [6.45, 7) is -0.0165. The zero-order chi connectivity index (χ0) is 15.6. The minimum atomic E-state index is -0.569. The van der Waals surface area contributed by atoms with Gasteiger partial charge in [-0.05, 0) is 18.2 Å². The van der Waals surface area contributed by atoms with Gasteiger partial charge in [0.05, 0.1) is 12.2 Å². The lowest BCUT2D eigenvalue weighted by Gasteiger charge is -2.24. The second-order valence-electron chi connectivity index (χ2n) is 5.52. The van der Waals surface area contributed by atoms with Gasteiger partial charge in [-0.3, -0.25) is 0 Å².